The van der Waals surface area contributed by atoms with E-state index in [-0.39, 0.29) is 37.1 Å². The summed E-state index contributed by atoms with van der Waals surface area (Å²) in [6.45, 7) is 2.37. The maximum Gasteiger partial charge on any atom is 0.416 e. The van der Waals surface area contributed by atoms with Gasteiger partial charge in [-0.15, -0.1) is 0 Å². The van der Waals surface area contributed by atoms with Gasteiger partial charge in [-0.2, -0.15) is 13.2 Å². The van der Waals surface area contributed by atoms with Crippen LogP contribution >= 0.6 is 0 Å². The molecule has 0 aromatic heterocycles. The maximum absolute atomic E-state index is 12.8. The number of benzene rings is 1. The van der Waals surface area contributed by atoms with Crippen molar-refractivity contribution in [2.24, 2.45) is 5.92 Å². The van der Waals surface area contributed by atoms with Gasteiger partial charge in [0.25, 0.3) is 0 Å². The van der Waals surface area contributed by atoms with Crippen molar-refractivity contribution in [1.29, 1.82) is 0 Å². The molecule has 2 rings (SSSR count). The Morgan fingerprint density at radius 2 is 2.19 bits per heavy atom. The maximum atomic E-state index is 12.8. The highest BCUT2D eigenvalue weighted by Crippen LogP contribution is 2.38. The molecule has 7 heteroatoms. The van der Waals surface area contributed by atoms with E-state index < -0.39 is 17.7 Å². The summed E-state index contributed by atoms with van der Waals surface area (Å²) in [7, 11) is 1.47. The molecule has 0 saturated carbocycles. The van der Waals surface area contributed by atoms with E-state index >= 15 is 0 Å². The van der Waals surface area contributed by atoms with Crippen molar-refractivity contribution in [3.63, 3.8) is 0 Å². The van der Waals surface area contributed by atoms with Crippen LogP contribution < -0.4 is 9.64 Å². The molecule has 1 aromatic rings. The Labute approximate surface area is 120 Å². The van der Waals surface area contributed by atoms with E-state index in [9.17, 15) is 18.0 Å². The normalized spacial score (nSPS) is 16.1. The van der Waals surface area contributed by atoms with Crippen LogP contribution in [0.3, 0.4) is 0 Å². The van der Waals surface area contributed by atoms with Gasteiger partial charge in [-0.1, -0.05) is 6.92 Å². The van der Waals surface area contributed by atoms with Crippen LogP contribution in [0.5, 0.6) is 5.75 Å². The molecule has 21 heavy (non-hydrogen) atoms. The van der Waals surface area contributed by atoms with Gasteiger partial charge in [-0.25, -0.2) is 0 Å². The van der Waals surface area contributed by atoms with Crippen molar-refractivity contribution >= 4 is 11.6 Å². The predicted molar refractivity (Wildman–Crippen MR) is 70.3 cm³/mol. The third kappa shape index (κ3) is 3.29. The van der Waals surface area contributed by atoms with E-state index in [0.717, 1.165) is 12.1 Å². The van der Waals surface area contributed by atoms with Gasteiger partial charge >= 0.3 is 6.18 Å². The van der Waals surface area contributed by atoms with Crippen molar-refractivity contribution < 1.29 is 27.4 Å². The van der Waals surface area contributed by atoms with Gasteiger partial charge in [0.15, 0.2) is 0 Å². The number of hydrogen-bond donors (Lipinski definition) is 0. The zero-order chi connectivity index (χ0) is 15.6. The number of methoxy groups -OCH3 is 1. The number of ether oxygens (including phenoxy) is 2. The van der Waals surface area contributed by atoms with Crippen molar-refractivity contribution in [1.82, 2.24) is 0 Å². The van der Waals surface area contributed by atoms with Crippen LogP contribution in [0.4, 0.5) is 18.9 Å². The summed E-state index contributed by atoms with van der Waals surface area (Å²) in [6, 6.07) is 3.15. The molecule has 4 nitrogen and oxygen atoms in total. The molecule has 1 aliphatic heterocycles. The highest BCUT2D eigenvalue weighted by Gasteiger charge is 2.34. The van der Waals surface area contributed by atoms with Crippen LogP contribution in [0, 0.1) is 5.92 Å². The third-order valence-corrected chi connectivity index (χ3v) is 3.25. The first-order valence-electron chi connectivity index (χ1n) is 6.49. The van der Waals surface area contributed by atoms with E-state index in [4.69, 9.17) is 9.47 Å². The Bertz CT molecular complexity index is 531. The van der Waals surface area contributed by atoms with Gasteiger partial charge in [0, 0.05) is 7.11 Å². The Balaban J connectivity index is 2.35. The van der Waals surface area contributed by atoms with Crippen LogP contribution in [-0.2, 0) is 15.7 Å². The summed E-state index contributed by atoms with van der Waals surface area (Å²) in [5.74, 6) is -0.427. The fourth-order valence-corrected chi connectivity index (χ4v) is 2.21. The number of amides is 1. The van der Waals surface area contributed by atoms with Crippen LogP contribution in [0.2, 0.25) is 0 Å². The van der Waals surface area contributed by atoms with Gasteiger partial charge in [0.1, 0.15) is 12.4 Å². The minimum absolute atomic E-state index is 0.157. The number of nitrogens with zero attached hydrogens (tertiary/aromatic N) is 1. The van der Waals surface area contributed by atoms with Gasteiger partial charge in [-0.3, -0.25) is 4.79 Å². The SMILES string of the molecule is COC[C@@H](C)C(=O)N1CCOc2ccc(C(F)(F)F)cc21. The zero-order valence-electron chi connectivity index (χ0n) is 11.7. The molecule has 116 valence electrons. The van der Waals surface area contributed by atoms with Crippen molar-refractivity contribution in [2.75, 3.05) is 31.8 Å². The van der Waals surface area contributed by atoms with E-state index in [1.807, 2.05) is 0 Å². The number of hydrogen-bond acceptors (Lipinski definition) is 3. The smallest absolute Gasteiger partial charge is 0.416 e. The summed E-state index contributed by atoms with van der Waals surface area (Å²) < 4.78 is 48.6. The van der Waals surface area contributed by atoms with E-state index in [2.05, 4.69) is 0 Å². The number of halogens is 3. The number of rotatable bonds is 3. The largest absolute Gasteiger partial charge is 0.490 e. The minimum atomic E-state index is -4.46. The minimum Gasteiger partial charge on any atom is -0.490 e. The van der Waals surface area contributed by atoms with E-state index in [1.165, 1.54) is 18.1 Å². The average molecular weight is 303 g/mol. The van der Waals surface area contributed by atoms with Crippen molar-refractivity contribution in [3.05, 3.63) is 23.8 Å². The Morgan fingerprint density at radius 3 is 2.81 bits per heavy atom. The number of carbonyl (C=O) groups is 1. The summed E-state index contributed by atoms with van der Waals surface area (Å²) in [4.78, 5) is 13.7. The Hall–Kier alpha value is -1.76. The molecule has 0 fully saturated rings. The van der Waals surface area contributed by atoms with Crippen LogP contribution in [0.1, 0.15) is 12.5 Å². The Kier molecular flexibility index (Phi) is 4.41. The van der Waals surface area contributed by atoms with Gasteiger partial charge < -0.3 is 14.4 Å². The molecule has 0 saturated heterocycles. The lowest BCUT2D eigenvalue weighted by atomic mass is 10.1. The standard InChI is InChI=1S/C14H16F3NO3/c1-9(8-20-2)13(19)18-5-6-21-12-4-3-10(7-11(12)18)14(15,16)17/h3-4,7,9H,5-6,8H2,1-2H3/t9-/m1/s1. The third-order valence-electron chi connectivity index (χ3n) is 3.25. The van der Waals surface area contributed by atoms with E-state index in [0.29, 0.717) is 0 Å². The lowest BCUT2D eigenvalue weighted by Crippen LogP contribution is -2.42. The zero-order valence-corrected chi connectivity index (χ0v) is 11.7. The number of fused-ring (bicyclic) bond motifs is 1. The Morgan fingerprint density at radius 1 is 1.48 bits per heavy atom. The molecule has 0 N–H and O–H groups in total. The first-order chi connectivity index (χ1) is 9.84. The summed E-state index contributed by atoms with van der Waals surface area (Å²) in [5.41, 5.74) is -0.645. The van der Waals surface area contributed by atoms with Crippen LogP contribution in [-0.4, -0.2) is 32.8 Å². The number of carbonyl (C=O) groups excluding carboxylic acids is 1. The van der Waals surface area contributed by atoms with Crippen LogP contribution in [0.25, 0.3) is 0 Å². The fourth-order valence-electron chi connectivity index (χ4n) is 2.21. The average Bonchev–Trinajstić information content (AvgIpc) is 2.44. The molecule has 0 bridgehead atoms. The monoisotopic (exact) mass is 303 g/mol. The summed E-state index contributed by atoms with van der Waals surface area (Å²) in [6.07, 6.45) is -4.46. The first-order valence-corrected chi connectivity index (χ1v) is 6.49. The molecule has 1 atom stereocenters. The van der Waals surface area contributed by atoms with Crippen molar-refractivity contribution in [2.45, 2.75) is 13.1 Å². The highest BCUT2D eigenvalue weighted by atomic mass is 19.4. The second-order valence-electron chi connectivity index (χ2n) is 4.87. The van der Waals surface area contributed by atoms with Crippen molar-refractivity contribution in [3.8, 4) is 5.75 Å². The van der Waals surface area contributed by atoms with Gasteiger partial charge in [-0.05, 0) is 18.2 Å². The molecule has 0 aliphatic carbocycles. The molecule has 1 amide bonds. The lowest BCUT2D eigenvalue weighted by molar-refractivity contribution is -0.137. The first kappa shape index (κ1) is 15.6. The molecular formula is C14H16F3NO3. The predicted octanol–water partition coefficient (Wildman–Crippen LogP) is 2.71. The molecule has 0 radical (unpaired) electrons. The highest BCUT2D eigenvalue weighted by molar-refractivity contribution is 5.96. The molecule has 1 aliphatic rings. The molecule has 1 aromatic carbocycles. The van der Waals surface area contributed by atoms with Gasteiger partial charge in [0.05, 0.1) is 30.3 Å². The number of alkyl halides is 3. The molecule has 0 unspecified atom stereocenters. The fraction of sp³-hybridized carbons (Fsp3) is 0.500. The summed E-state index contributed by atoms with van der Waals surface area (Å²) >= 11 is 0. The quantitative estimate of drug-likeness (QED) is 0.862. The number of anilines is 1. The van der Waals surface area contributed by atoms with E-state index in [1.54, 1.807) is 6.92 Å². The van der Waals surface area contributed by atoms with Gasteiger partial charge in [0.2, 0.25) is 5.91 Å². The topological polar surface area (TPSA) is 38.8 Å². The second kappa shape index (κ2) is 5.93. The molecule has 1 heterocycles. The second-order valence-corrected chi connectivity index (χ2v) is 4.87. The molecular weight excluding hydrogens is 287 g/mol. The summed E-state index contributed by atoms with van der Waals surface area (Å²) in [5, 5.41) is 0. The molecule has 0 spiro atoms. The van der Waals surface area contributed by atoms with Crippen LogP contribution in [0.15, 0.2) is 18.2 Å². The lowest BCUT2D eigenvalue weighted by Gasteiger charge is -2.31.